The Balaban J connectivity index is 1.36. The molecule has 35 heavy (non-hydrogen) atoms. The smallest absolute Gasteiger partial charge is 0.295 e. The molecule has 3 aromatic rings. The number of amides is 1. The van der Waals surface area contributed by atoms with Gasteiger partial charge in [0.05, 0.1) is 31.5 Å². The zero-order valence-corrected chi connectivity index (χ0v) is 20.5. The summed E-state index contributed by atoms with van der Waals surface area (Å²) in [4.78, 5) is 31.9. The zero-order valence-electron chi connectivity index (χ0n) is 19.7. The van der Waals surface area contributed by atoms with E-state index >= 15 is 0 Å². The standard InChI is InChI=1S/C27H26ClN5O2/c1-18(34)19-6-5-7-20(16-19)27(35)31-33(2)14-12-32(13-15-33)26-22-8-3-4-9-23(22)29-24-11-10-21(28)17-25(24)30-26/h3-11,16-17H,12-15H2,1-2H3,(H-,29,30,31,35)/p+1. The number of ketones is 1. The van der Waals surface area contributed by atoms with Crippen molar-refractivity contribution < 1.29 is 14.2 Å². The maximum Gasteiger partial charge on any atom is 0.295 e. The van der Waals surface area contributed by atoms with E-state index < -0.39 is 0 Å². The Morgan fingerprint density at radius 2 is 1.71 bits per heavy atom. The number of anilines is 2. The van der Waals surface area contributed by atoms with Crippen LogP contribution in [0.15, 0.2) is 71.7 Å². The highest BCUT2D eigenvalue weighted by atomic mass is 35.5. The number of piperazine rings is 1. The minimum Gasteiger partial charge on any atom is -0.353 e. The third-order valence-corrected chi connectivity index (χ3v) is 6.79. The summed E-state index contributed by atoms with van der Waals surface area (Å²) in [6, 6.07) is 20.7. The van der Waals surface area contributed by atoms with Gasteiger partial charge in [-0.1, -0.05) is 35.9 Å². The van der Waals surface area contributed by atoms with Crippen molar-refractivity contribution in [3.63, 3.8) is 0 Å². The van der Waals surface area contributed by atoms with Crippen molar-refractivity contribution in [2.24, 2.45) is 4.99 Å². The second kappa shape index (κ2) is 9.17. The Labute approximate surface area is 209 Å². The molecule has 7 nitrogen and oxygen atoms in total. The number of amidine groups is 1. The van der Waals surface area contributed by atoms with Gasteiger partial charge in [0.1, 0.15) is 18.9 Å². The number of hydrogen-bond acceptors (Lipinski definition) is 5. The van der Waals surface area contributed by atoms with E-state index in [9.17, 15) is 9.59 Å². The number of carbonyl (C=O) groups is 2. The molecule has 0 bridgehead atoms. The number of carbonyl (C=O) groups excluding carboxylic acids is 2. The highest BCUT2D eigenvalue weighted by molar-refractivity contribution is 6.31. The second-order valence-electron chi connectivity index (χ2n) is 9.18. The number of fused-ring (bicyclic) bond motifs is 2. The Hall–Kier alpha value is -3.68. The number of nitrogens with one attached hydrogen (secondary N) is 2. The van der Waals surface area contributed by atoms with Crippen LogP contribution >= 0.6 is 11.6 Å². The highest BCUT2D eigenvalue weighted by Gasteiger charge is 2.34. The fourth-order valence-corrected chi connectivity index (χ4v) is 4.64. The lowest BCUT2D eigenvalue weighted by Gasteiger charge is -2.42. The maximum atomic E-state index is 13.0. The number of aliphatic imine (C=N–C) groups is 1. The lowest BCUT2D eigenvalue weighted by Crippen LogP contribution is -2.65. The molecule has 1 saturated heterocycles. The van der Waals surface area contributed by atoms with Crippen molar-refractivity contribution in [3.8, 4) is 0 Å². The van der Waals surface area contributed by atoms with Crippen molar-refractivity contribution in [3.05, 3.63) is 88.4 Å². The summed E-state index contributed by atoms with van der Waals surface area (Å²) in [7, 11) is 2.02. The Morgan fingerprint density at radius 1 is 0.971 bits per heavy atom. The number of benzene rings is 3. The molecule has 0 saturated carbocycles. The van der Waals surface area contributed by atoms with Crippen LogP contribution < -0.4 is 10.7 Å². The molecule has 1 amide bonds. The van der Waals surface area contributed by atoms with Gasteiger partial charge < -0.3 is 10.2 Å². The normalized spacial score (nSPS) is 16.2. The average Bonchev–Trinajstić information content (AvgIpc) is 3.01. The molecule has 2 N–H and O–H groups in total. The van der Waals surface area contributed by atoms with E-state index in [4.69, 9.17) is 16.6 Å². The predicted molar refractivity (Wildman–Crippen MR) is 139 cm³/mol. The first-order valence-electron chi connectivity index (χ1n) is 11.6. The maximum absolute atomic E-state index is 13.0. The summed E-state index contributed by atoms with van der Waals surface area (Å²) in [6.45, 7) is 4.34. The van der Waals surface area contributed by atoms with Crippen molar-refractivity contribution in [1.29, 1.82) is 0 Å². The summed E-state index contributed by atoms with van der Waals surface area (Å²) < 4.78 is 0.398. The molecule has 178 valence electrons. The average molecular weight is 489 g/mol. The number of likely N-dealkylation sites (N-methyl/N-ethyl adjacent to an activating group) is 1. The van der Waals surface area contributed by atoms with Crippen LogP contribution in [0.25, 0.3) is 0 Å². The highest BCUT2D eigenvalue weighted by Crippen LogP contribution is 2.36. The van der Waals surface area contributed by atoms with Crippen molar-refractivity contribution in [1.82, 2.24) is 10.3 Å². The fraction of sp³-hybridized carbons (Fsp3) is 0.222. The molecule has 3 aromatic carbocycles. The van der Waals surface area contributed by atoms with Crippen LogP contribution in [-0.2, 0) is 0 Å². The van der Waals surface area contributed by atoms with Crippen molar-refractivity contribution in [2.45, 2.75) is 6.92 Å². The molecule has 5 rings (SSSR count). The molecular formula is C27H27ClN5O2+. The summed E-state index contributed by atoms with van der Waals surface area (Å²) >= 11 is 6.27. The number of hydrogen-bond donors (Lipinski definition) is 2. The van der Waals surface area contributed by atoms with E-state index in [2.05, 4.69) is 21.7 Å². The molecule has 2 aliphatic heterocycles. The summed E-state index contributed by atoms with van der Waals surface area (Å²) in [5.41, 5.74) is 7.90. The number of Topliss-reactive ketones (excluding diaryl/α,β-unsaturated/α-hetero) is 1. The number of quaternary nitrogens is 1. The van der Waals surface area contributed by atoms with Gasteiger partial charge in [0, 0.05) is 27.4 Å². The van der Waals surface area contributed by atoms with E-state index in [1.54, 1.807) is 24.3 Å². The Morgan fingerprint density at radius 3 is 2.49 bits per heavy atom. The monoisotopic (exact) mass is 488 g/mol. The zero-order chi connectivity index (χ0) is 24.6. The molecular weight excluding hydrogens is 462 g/mol. The van der Waals surface area contributed by atoms with E-state index in [-0.39, 0.29) is 11.7 Å². The van der Waals surface area contributed by atoms with Gasteiger partial charge in [-0.05, 0) is 49.4 Å². The summed E-state index contributed by atoms with van der Waals surface area (Å²) in [5.74, 6) is 0.644. The molecule has 0 atom stereocenters. The van der Waals surface area contributed by atoms with Crippen LogP contribution in [0, 0.1) is 0 Å². The van der Waals surface area contributed by atoms with E-state index in [1.165, 1.54) is 6.92 Å². The topological polar surface area (TPSA) is 73.8 Å². The Kier molecular flexibility index (Phi) is 6.05. The number of rotatable bonds is 3. The predicted octanol–water partition coefficient (Wildman–Crippen LogP) is 4.79. The van der Waals surface area contributed by atoms with Crippen LogP contribution in [0.3, 0.4) is 0 Å². The number of nitrogens with zero attached hydrogens (tertiary/aromatic N) is 3. The van der Waals surface area contributed by atoms with Crippen LogP contribution in [0.5, 0.6) is 0 Å². The number of para-hydroxylation sites is 1. The van der Waals surface area contributed by atoms with Gasteiger partial charge in [-0.3, -0.25) is 9.59 Å². The van der Waals surface area contributed by atoms with Crippen LogP contribution in [0.2, 0.25) is 5.02 Å². The van der Waals surface area contributed by atoms with Crippen molar-refractivity contribution >= 4 is 46.2 Å². The minimum atomic E-state index is -0.186. The molecule has 0 unspecified atom stereocenters. The molecule has 0 spiro atoms. The second-order valence-corrected chi connectivity index (χ2v) is 9.61. The molecule has 2 aliphatic rings. The van der Waals surface area contributed by atoms with Gasteiger partial charge in [0.2, 0.25) is 0 Å². The molecule has 8 heteroatoms. The lowest BCUT2D eigenvalue weighted by atomic mass is 10.1. The Bertz CT molecular complexity index is 1340. The van der Waals surface area contributed by atoms with Crippen LogP contribution in [-0.4, -0.2) is 60.2 Å². The quantitative estimate of drug-likeness (QED) is 0.411. The van der Waals surface area contributed by atoms with Gasteiger partial charge in [-0.25, -0.2) is 9.58 Å². The minimum absolute atomic E-state index is 0.0598. The molecule has 0 radical (unpaired) electrons. The summed E-state index contributed by atoms with van der Waals surface area (Å²) in [5, 5.41) is 4.13. The third kappa shape index (κ3) is 4.78. The molecule has 0 aliphatic carbocycles. The first-order chi connectivity index (χ1) is 16.8. The van der Waals surface area contributed by atoms with Gasteiger partial charge in [0.25, 0.3) is 5.91 Å². The van der Waals surface area contributed by atoms with Gasteiger partial charge in [-0.15, -0.1) is 0 Å². The summed E-state index contributed by atoms with van der Waals surface area (Å²) in [6.07, 6.45) is 0. The van der Waals surface area contributed by atoms with Crippen LogP contribution in [0.4, 0.5) is 17.1 Å². The third-order valence-electron chi connectivity index (χ3n) is 6.55. The van der Waals surface area contributed by atoms with E-state index in [0.717, 1.165) is 28.5 Å². The van der Waals surface area contributed by atoms with Gasteiger partial charge >= 0.3 is 0 Å². The van der Waals surface area contributed by atoms with E-state index in [0.29, 0.717) is 46.9 Å². The first-order valence-corrected chi connectivity index (χ1v) is 12.0. The first kappa shape index (κ1) is 23.1. The fourth-order valence-electron chi connectivity index (χ4n) is 4.47. The molecule has 1 fully saturated rings. The largest absolute Gasteiger partial charge is 0.353 e. The number of halogens is 1. The van der Waals surface area contributed by atoms with Crippen molar-refractivity contribution in [2.75, 3.05) is 38.5 Å². The molecule has 0 aromatic heterocycles. The van der Waals surface area contributed by atoms with Gasteiger partial charge in [-0.2, -0.15) is 5.43 Å². The van der Waals surface area contributed by atoms with E-state index in [1.807, 2.05) is 43.4 Å². The molecule has 2 heterocycles. The SMILES string of the molecule is CC(=O)c1cccc(C(=O)N[N+]2(C)CCN(C3=Nc4cc(Cl)ccc4Nc4ccccc43)CC2)c1. The lowest BCUT2D eigenvalue weighted by molar-refractivity contribution is -0.946. The van der Waals surface area contributed by atoms with Crippen LogP contribution in [0.1, 0.15) is 33.2 Å². The van der Waals surface area contributed by atoms with Gasteiger partial charge in [0.15, 0.2) is 5.78 Å².